The normalized spacial score (nSPS) is 19.0. The van der Waals surface area contributed by atoms with Gasteiger partial charge in [0.05, 0.1) is 18.1 Å². The van der Waals surface area contributed by atoms with Crippen LogP contribution in [0.4, 0.5) is 5.69 Å². The van der Waals surface area contributed by atoms with E-state index in [0.717, 1.165) is 12.1 Å². The topological polar surface area (TPSA) is 116 Å². The van der Waals surface area contributed by atoms with Crippen molar-refractivity contribution in [3.05, 3.63) is 28.3 Å². The number of benzene rings is 1. The fourth-order valence-electron chi connectivity index (χ4n) is 2.09. The van der Waals surface area contributed by atoms with Gasteiger partial charge in [-0.05, 0) is 12.5 Å². The highest BCUT2D eigenvalue weighted by molar-refractivity contribution is 7.89. The Hall–Kier alpha value is -1.42. The van der Waals surface area contributed by atoms with Crippen molar-refractivity contribution >= 4 is 28.1 Å². The molecule has 2 N–H and O–H groups in total. The summed E-state index contributed by atoms with van der Waals surface area (Å²) in [7, 11) is -2.48. The van der Waals surface area contributed by atoms with Gasteiger partial charge in [-0.15, -0.1) is 12.4 Å². The van der Waals surface area contributed by atoms with Crippen molar-refractivity contribution in [3.8, 4) is 5.75 Å². The van der Waals surface area contributed by atoms with E-state index in [-0.39, 0.29) is 41.3 Å². The fraction of sp³-hybridized carbons (Fsp3) is 0.455. The molecule has 1 aliphatic heterocycles. The van der Waals surface area contributed by atoms with Crippen molar-refractivity contribution < 1.29 is 18.1 Å². The molecule has 2 rings (SSSR count). The van der Waals surface area contributed by atoms with Crippen LogP contribution in [-0.4, -0.2) is 43.9 Å². The van der Waals surface area contributed by atoms with Crippen LogP contribution in [0.3, 0.4) is 0 Å². The highest BCUT2D eigenvalue weighted by Gasteiger charge is 2.33. The second kappa shape index (κ2) is 6.56. The average molecular weight is 338 g/mol. The van der Waals surface area contributed by atoms with E-state index in [1.807, 2.05) is 0 Å². The van der Waals surface area contributed by atoms with Crippen molar-refractivity contribution in [2.75, 3.05) is 20.2 Å². The third-order valence-corrected chi connectivity index (χ3v) is 5.07. The van der Waals surface area contributed by atoms with Crippen LogP contribution in [0.1, 0.15) is 6.42 Å². The number of sulfonamides is 1. The second-order valence-electron chi connectivity index (χ2n) is 4.50. The standard InChI is InChI=1S/C11H15N3O5S.ClH/c1-19-10-6-9(14(15)16)2-3-11(10)20(17,18)13-5-4-8(12)7-13;/h2-3,6,8H,4-5,7,12H2,1H3;1H/t8-;/m1./s1. The smallest absolute Gasteiger partial charge is 0.273 e. The molecule has 0 amide bonds. The summed E-state index contributed by atoms with van der Waals surface area (Å²) in [6.45, 7) is 0.576. The van der Waals surface area contributed by atoms with Gasteiger partial charge in [0, 0.05) is 25.2 Å². The van der Waals surface area contributed by atoms with E-state index >= 15 is 0 Å². The Morgan fingerprint density at radius 3 is 2.62 bits per heavy atom. The van der Waals surface area contributed by atoms with E-state index in [2.05, 4.69) is 0 Å². The summed E-state index contributed by atoms with van der Waals surface area (Å²) < 4.78 is 31.2. The summed E-state index contributed by atoms with van der Waals surface area (Å²) in [6, 6.07) is 3.25. The molecule has 0 aliphatic carbocycles. The number of nitrogens with two attached hydrogens (primary N) is 1. The predicted octanol–water partition coefficient (Wildman–Crippen LogP) is 0.747. The van der Waals surface area contributed by atoms with Gasteiger partial charge < -0.3 is 10.5 Å². The van der Waals surface area contributed by atoms with Crippen LogP contribution in [0.2, 0.25) is 0 Å². The van der Waals surface area contributed by atoms with Gasteiger partial charge in [-0.3, -0.25) is 10.1 Å². The maximum atomic E-state index is 12.5. The number of hydrogen-bond donors (Lipinski definition) is 1. The summed E-state index contributed by atoms with van der Waals surface area (Å²) in [5.41, 5.74) is 5.48. The van der Waals surface area contributed by atoms with Crippen LogP contribution in [0.15, 0.2) is 23.1 Å². The van der Waals surface area contributed by atoms with E-state index in [9.17, 15) is 18.5 Å². The second-order valence-corrected chi connectivity index (χ2v) is 6.41. The third-order valence-electron chi connectivity index (χ3n) is 3.16. The Balaban J connectivity index is 0.00000220. The molecule has 1 fully saturated rings. The van der Waals surface area contributed by atoms with Crippen molar-refractivity contribution in [2.24, 2.45) is 5.73 Å². The zero-order valence-electron chi connectivity index (χ0n) is 11.3. The van der Waals surface area contributed by atoms with E-state index in [4.69, 9.17) is 10.5 Å². The van der Waals surface area contributed by atoms with Gasteiger partial charge in [0.25, 0.3) is 5.69 Å². The first-order valence-electron chi connectivity index (χ1n) is 5.94. The number of nitrogens with zero attached hydrogens (tertiary/aromatic N) is 2. The molecular formula is C11H16ClN3O5S. The van der Waals surface area contributed by atoms with Crippen LogP contribution < -0.4 is 10.5 Å². The molecule has 1 saturated heterocycles. The molecule has 0 bridgehead atoms. The van der Waals surface area contributed by atoms with Crippen LogP contribution in [0.25, 0.3) is 0 Å². The summed E-state index contributed by atoms with van der Waals surface area (Å²) in [5, 5.41) is 10.7. The molecule has 1 aromatic carbocycles. The van der Waals surface area contributed by atoms with E-state index in [0.29, 0.717) is 13.0 Å². The first-order valence-corrected chi connectivity index (χ1v) is 7.38. The highest BCUT2D eigenvalue weighted by atomic mass is 35.5. The van der Waals surface area contributed by atoms with Crippen molar-refractivity contribution in [1.29, 1.82) is 0 Å². The molecule has 1 heterocycles. The quantitative estimate of drug-likeness (QED) is 0.640. The third kappa shape index (κ3) is 3.43. The number of nitro benzene ring substituents is 1. The number of halogens is 1. The van der Waals surface area contributed by atoms with Crippen LogP contribution in [-0.2, 0) is 10.0 Å². The minimum absolute atomic E-state index is 0. The molecule has 1 aliphatic rings. The van der Waals surface area contributed by atoms with Crippen molar-refractivity contribution in [1.82, 2.24) is 4.31 Å². The number of hydrogen-bond acceptors (Lipinski definition) is 6. The van der Waals surface area contributed by atoms with Gasteiger partial charge in [0.15, 0.2) is 0 Å². The van der Waals surface area contributed by atoms with Gasteiger partial charge >= 0.3 is 0 Å². The Kier molecular flexibility index (Phi) is 5.51. The maximum absolute atomic E-state index is 12.5. The average Bonchev–Trinajstić information content (AvgIpc) is 2.85. The number of non-ortho nitro benzene ring substituents is 1. The molecular weight excluding hydrogens is 322 g/mol. The Labute approximate surface area is 128 Å². The van der Waals surface area contributed by atoms with Crippen molar-refractivity contribution in [3.63, 3.8) is 0 Å². The van der Waals surface area contributed by atoms with Crippen LogP contribution in [0, 0.1) is 10.1 Å². The Bertz CT molecular complexity index is 637. The monoisotopic (exact) mass is 337 g/mol. The van der Waals surface area contributed by atoms with Gasteiger partial charge in [0.2, 0.25) is 10.0 Å². The molecule has 0 radical (unpaired) electrons. The predicted molar refractivity (Wildman–Crippen MR) is 78.2 cm³/mol. The lowest BCUT2D eigenvalue weighted by Crippen LogP contribution is -2.32. The Morgan fingerprint density at radius 2 is 2.14 bits per heavy atom. The minimum atomic E-state index is -3.75. The van der Waals surface area contributed by atoms with Gasteiger partial charge in [-0.1, -0.05) is 0 Å². The summed E-state index contributed by atoms with van der Waals surface area (Å²) in [4.78, 5) is 10.0. The molecule has 118 valence electrons. The van der Waals surface area contributed by atoms with E-state index in [1.165, 1.54) is 17.5 Å². The molecule has 0 spiro atoms. The summed E-state index contributed by atoms with van der Waals surface area (Å²) >= 11 is 0. The molecule has 0 aromatic heterocycles. The number of methoxy groups -OCH3 is 1. The first kappa shape index (κ1) is 17.6. The van der Waals surface area contributed by atoms with Gasteiger partial charge in [-0.25, -0.2) is 8.42 Å². The maximum Gasteiger partial charge on any atom is 0.273 e. The zero-order chi connectivity index (χ0) is 14.9. The molecule has 21 heavy (non-hydrogen) atoms. The minimum Gasteiger partial charge on any atom is -0.495 e. The molecule has 8 nitrogen and oxygen atoms in total. The molecule has 0 saturated carbocycles. The van der Waals surface area contributed by atoms with E-state index < -0.39 is 14.9 Å². The SMILES string of the molecule is COc1cc([N+](=O)[O-])ccc1S(=O)(=O)N1CC[C@@H](N)C1.Cl. The van der Waals surface area contributed by atoms with Crippen molar-refractivity contribution in [2.45, 2.75) is 17.4 Å². The molecule has 0 unspecified atom stereocenters. The lowest BCUT2D eigenvalue weighted by Gasteiger charge is -2.17. The van der Waals surface area contributed by atoms with Crippen LogP contribution in [0.5, 0.6) is 5.75 Å². The number of rotatable bonds is 4. The first-order chi connectivity index (χ1) is 9.36. The largest absolute Gasteiger partial charge is 0.495 e. The fourth-order valence-corrected chi connectivity index (χ4v) is 3.74. The lowest BCUT2D eigenvalue weighted by atomic mass is 10.3. The molecule has 1 aromatic rings. The highest BCUT2D eigenvalue weighted by Crippen LogP contribution is 2.31. The van der Waals surface area contributed by atoms with E-state index in [1.54, 1.807) is 0 Å². The molecule has 10 heteroatoms. The van der Waals surface area contributed by atoms with Crippen LogP contribution >= 0.6 is 12.4 Å². The lowest BCUT2D eigenvalue weighted by molar-refractivity contribution is -0.385. The Morgan fingerprint density at radius 1 is 1.48 bits per heavy atom. The van der Waals surface area contributed by atoms with Gasteiger partial charge in [0.1, 0.15) is 10.6 Å². The summed E-state index contributed by atoms with van der Waals surface area (Å²) in [6.07, 6.45) is 0.592. The number of ether oxygens (including phenoxy) is 1. The molecule has 1 atom stereocenters. The van der Waals surface area contributed by atoms with Gasteiger partial charge in [-0.2, -0.15) is 4.31 Å². The zero-order valence-corrected chi connectivity index (χ0v) is 12.9. The summed E-state index contributed by atoms with van der Waals surface area (Å²) in [5.74, 6) is -0.0420. The number of nitro groups is 1.